The van der Waals surface area contributed by atoms with Crippen molar-refractivity contribution in [3.05, 3.63) is 64.3 Å². The van der Waals surface area contributed by atoms with E-state index in [1.165, 1.54) is 18.2 Å². The molecular weight excluding hydrogens is 323 g/mol. The van der Waals surface area contributed by atoms with Crippen molar-refractivity contribution in [2.24, 2.45) is 0 Å². The van der Waals surface area contributed by atoms with Crippen molar-refractivity contribution in [2.75, 3.05) is 5.32 Å². The molecule has 2 aromatic carbocycles. The van der Waals surface area contributed by atoms with E-state index in [2.05, 4.69) is 10.3 Å². The summed E-state index contributed by atoms with van der Waals surface area (Å²) in [6, 6.07) is 13.0. The van der Waals surface area contributed by atoms with Crippen molar-refractivity contribution in [3.8, 4) is 5.75 Å². The Morgan fingerprint density at radius 1 is 1.05 bits per heavy atom. The molecule has 0 aliphatic rings. The minimum atomic E-state index is -0.352. The van der Waals surface area contributed by atoms with Gasteiger partial charge in [0.15, 0.2) is 0 Å². The van der Waals surface area contributed by atoms with Gasteiger partial charge in [0.05, 0.1) is 11.2 Å². The van der Waals surface area contributed by atoms with Gasteiger partial charge in [-0.3, -0.25) is 4.79 Å². The third-order valence-corrected chi connectivity index (χ3v) is 3.57. The van der Waals surface area contributed by atoms with Crippen LogP contribution in [0.25, 0.3) is 10.9 Å². The molecule has 0 radical (unpaired) electrons. The number of halogens is 2. The predicted molar refractivity (Wildman–Crippen MR) is 87.8 cm³/mol. The molecule has 0 atom stereocenters. The third-order valence-electron chi connectivity index (χ3n) is 3.12. The molecule has 110 valence electrons. The van der Waals surface area contributed by atoms with Crippen molar-refractivity contribution in [3.63, 3.8) is 0 Å². The number of nitrogens with one attached hydrogen (secondary N) is 1. The van der Waals surface area contributed by atoms with Crippen LogP contribution in [0.2, 0.25) is 10.2 Å². The summed E-state index contributed by atoms with van der Waals surface area (Å²) in [7, 11) is 0. The minimum absolute atomic E-state index is 0.0491. The number of hydrogen-bond acceptors (Lipinski definition) is 3. The van der Waals surface area contributed by atoms with E-state index in [9.17, 15) is 9.90 Å². The third kappa shape index (κ3) is 2.98. The number of aromatic hydroxyl groups is 1. The van der Waals surface area contributed by atoms with Crippen LogP contribution >= 0.6 is 23.2 Å². The highest BCUT2D eigenvalue weighted by Gasteiger charge is 2.10. The SMILES string of the molecule is O=C(Nc1cc(Cl)ccc1O)c1ccc2nc(Cl)ccc2c1. The standard InChI is InChI=1S/C16H10Cl2N2O2/c17-11-3-5-14(21)13(8-11)20-16(22)10-1-4-12-9(7-10)2-6-15(18)19-12/h1-8,21H,(H,20,22). The molecule has 1 aromatic heterocycles. The Hall–Kier alpha value is -2.30. The van der Waals surface area contributed by atoms with Gasteiger partial charge in [-0.05, 0) is 48.5 Å². The maximum absolute atomic E-state index is 12.3. The van der Waals surface area contributed by atoms with E-state index < -0.39 is 0 Å². The first kappa shape index (κ1) is 14.6. The van der Waals surface area contributed by atoms with Gasteiger partial charge in [0.25, 0.3) is 5.91 Å². The number of pyridine rings is 1. The number of anilines is 1. The topological polar surface area (TPSA) is 62.2 Å². The van der Waals surface area contributed by atoms with E-state index in [0.717, 1.165) is 5.39 Å². The first-order valence-electron chi connectivity index (χ1n) is 6.39. The van der Waals surface area contributed by atoms with Gasteiger partial charge in [-0.1, -0.05) is 23.2 Å². The second-order valence-corrected chi connectivity index (χ2v) is 5.48. The molecule has 3 rings (SSSR count). The van der Waals surface area contributed by atoms with Gasteiger partial charge in [0.2, 0.25) is 0 Å². The van der Waals surface area contributed by atoms with Crippen LogP contribution in [0.3, 0.4) is 0 Å². The minimum Gasteiger partial charge on any atom is -0.506 e. The van der Waals surface area contributed by atoms with Gasteiger partial charge in [-0.15, -0.1) is 0 Å². The van der Waals surface area contributed by atoms with Crippen molar-refractivity contribution < 1.29 is 9.90 Å². The molecule has 1 amide bonds. The summed E-state index contributed by atoms with van der Waals surface area (Å²) in [5.74, 6) is -0.401. The lowest BCUT2D eigenvalue weighted by molar-refractivity contribution is 0.102. The van der Waals surface area contributed by atoms with Crippen LogP contribution in [0.5, 0.6) is 5.75 Å². The number of carbonyl (C=O) groups excluding carboxylic acids is 1. The number of rotatable bonds is 2. The average Bonchev–Trinajstić information content (AvgIpc) is 2.50. The largest absolute Gasteiger partial charge is 0.506 e. The van der Waals surface area contributed by atoms with Crippen molar-refractivity contribution in [2.45, 2.75) is 0 Å². The maximum Gasteiger partial charge on any atom is 0.255 e. The molecule has 0 saturated carbocycles. The Kier molecular flexibility index (Phi) is 3.88. The lowest BCUT2D eigenvalue weighted by Gasteiger charge is -2.08. The summed E-state index contributed by atoms with van der Waals surface area (Å²) in [4.78, 5) is 16.4. The predicted octanol–water partition coefficient (Wildman–Crippen LogP) is 4.50. The first-order chi connectivity index (χ1) is 10.5. The molecule has 6 heteroatoms. The smallest absolute Gasteiger partial charge is 0.255 e. The summed E-state index contributed by atoms with van der Waals surface area (Å²) < 4.78 is 0. The van der Waals surface area contributed by atoms with E-state index in [0.29, 0.717) is 21.3 Å². The summed E-state index contributed by atoms with van der Waals surface area (Å²) in [6.45, 7) is 0. The number of carbonyl (C=O) groups is 1. The Labute approximate surface area is 136 Å². The number of aromatic nitrogens is 1. The summed E-state index contributed by atoms with van der Waals surface area (Å²) in [5.41, 5.74) is 1.40. The van der Waals surface area contributed by atoms with Gasteiger partial charge in [0.1, 0.15) is 10.9 Å². The molecule has 0 saturated heterocycles. The first-order valence-corrected chi connectivity index (χ1v) is 7.15. The Morgan fingerprint density at radius 2 is 1.86 bits per heavy atom. The van der Waals surface area contributed by atoms with E-state index >= 15 is 0 Å². The number of hydrogen-bond donors (Lipinski definition) is 2. The fourth-order valence-corrected chi connectivity index (χ4v) is 2.37. The normalized spacial score (nSPS) is 10.6. The zero-order valence-corrected chi connectivity index (χ0v) is 12.7. The summed E-state index contributed by atoms with van der Waals surface area (Å²) in [5, 5.41) is 14.0. The highest BCUT2D eigenvalue weighted by Crippen LogP contribution is 2.27. The van der Waals surface area contributed by atoms with E-state index in [1.54, 1.807) is 30.3 Å². The van der Waals surface area contributed by atoms with Crippen molar-refractivity contribution in [1.29, 1.82) is 0 Å². The number of fused-ring (bicyclic) bond motifs is 1. The molecule has 0 aliphatic heterocycles. The Balaban J connectivity index is 1.92. The molecular formula is C16H10Cl2N2O2. The number of amides is 1. The molecule has 0 aliphatic carbocycles. The lowest BCUT2D eigenvalue weighted by Crippen LogP contribution is -2.12. The second-order valence-electron chi connectivity index (χ2n) is 4.66. The van der Waals surface area contributed by atoms with Gasteiger partial charge in [-0.25, -0.2) is 4.98 Å². The highest BCUT2D eigenvalue weighted by atomic mass is 35.5. The molecule has 4 nitrogen and oxygen atoms in total. The average molecular weight is 333 g/mol. The van der Waals surface area contributed by atoms with Crippen LogP contribution < -0.4 is 5.32 Å². The Bertz CT molecular complexity index is 881. The molecule has 0 spiro atoms. The van der Waals surface area contributed by atoms with Crippen LogP contribution in [-0.2, 0) is 0 Å². The van der Waals surface area contributed by atoms with E-state index in [1.807, 2.05) is 0 Å². The summed E-state index contributed by atoms with van der Waals surface area (Å²) >= 11 is 11.7. The highest BCUT2D eigenvalue weighted by molar-refractivity contribution is 6.31. The van der Waals surface area contributed by atoms with Crippen molar-refractivity contribution >= 4 is 45.7 Å². The monoisotopic (exact) mass is 332 g/mol. The van der Waals surface area contributed by atoms with Gasteiger partial charge in [0, 0.05) is 16.0 Å². The number of nitrogens with zero attached hydrogens (tertiary/aromatic N) is 1. The zero-order valence-electron chi connectivity index (χ0n) is 11.2. The van der Waals surface area contributed by atoms with Crippen LogP contribution in [0.1, 0.15) is 10.4 Å². The lowest BCUT2D eigenvalue weighted by atomic mass is 10.1. The quantitative estimate of drug-likeness (QED) is 0.536. The van der Waals surface area contributed by atoms with Gasteiger partial charge in [-0.2, -0.15) is 0 Å². The van der Waals surface area contributed by atoms with E-state index in [-0.39, 0.29) is 17.3 Å². The summed E-state index contributed by atoms with van der Waals surface area (Å²) in [6.07, 6.45) is 0. The Morgan fingerprint density at radius 3 is 2.68 bits per heavy atom. The van der Waals surface area contributed by atoms with Gasteiger partial charge < -0.3 is 10.4 Å². The molecule has 22 heavy (non-hydrogen) atoms. The number of benzene rings is 2. The second kappa shape index (κ2) is 5.83. The zero-order chi connectivity index (χ0) is 15.7. The molecule has 0 bridgehead atoms. The maximum atomic E-state index is 12.3. The molecule has 3 aromatic rings. The van der Waals surface area contributed by atoms with Crippen LogP contribution in [0.15, 0.2) is 48.5 Å². The van der Waals surface area contributed by atoms with Crippen LogP contribution in [0.4, 0.5) is 5.69 Å². The van der Waals surface area contributed by atoms with E-state index in [4.69, 9.17) is 23.2 Å². The van der Waals surface area contributed by atoms with Crippen LogP contribution in [-0.4, -0.2) is 16.0 Å². The number of phenolic OH excluding ortho intramolecular Hbond substituents is 1. The van der Waals surface area contributed by atoms with Crippen molar-refractivity contribution in [1.82, 2.24) is 4.98 Å². The fourth-order valence-electron chi connectivity index (χ4n) is 2.04. The van der Waals surface area contributed by atoms with Crippen LogP contribution in [0, 0.1) is 0 Å². The molecule has 0 fully saturated rings. The fraction of sp³-hybridized carbons (Fsp3) is 0. The molecule has 0 unspecified atom stereocenters. The van der Waals surface area contributed by atoms with Gasteiger partial charge >= 0.3 is 0 Å². The molecule has 1 heterocycles. The number of phenols is 1. The molecule has 2 N–H and O–H groups in total.